The van der Waals surface area contributed by atoms with Crippen LogP contribution < -0.4 is 0 Å². The molecule has 0 unspecified atom stereocenters. The van der Waals surface area contributed by atoms with Crippen LogP contribution in [0.25, 0.3) is 11.5 Å². The van der Waals surface area contributed by atoms with Crippen molar-refractivity contribution >= 4 is 5.83 Å². The molecule has 0 fully saturated rings. The van der Waals surface area contributed by atoms with E-state index in [4.69, 9.17) is 0 Å². The molecule has 0 amide bonds. The van der Waals surface area contributed by atoms with Crippen molar-refractivity contribution in [2.24, 2.45) is 0 Å². The van der Waals surface area contributed by atoms with Crippen LogP contribution in [0.1, 0.15) is 5.56 Å². The highest BCUT2D eigenvalue weighted by Gasteiger charge is 1.99. The molecule has 0 aliphatic carbocycles. The lowest BCUT2D eigenvalue weighted by molar-refractivity contribution is 0.760. The summed E-state index contributed by atoms with van der Waals surface area (Å²) in [7, 11) is 0. The van der Waals surface area contributed by atoms with Crippen LogP contribution in [0.4, 0.5) is 4.39 Å². The molecular weight excluding hydrogens is 191 g/mol. The highest BCUT2D eigenvalue weighted by molar-refractivity contribution is 5.60. The van der Waals surface area contributed by atoms with E-state index in [2.05, 4.69) is 11.9 Å². The first-order valence-electron chi connectivity index (χ1n) is 4.55. The molecule has 1 radical (unpaired) electrons. The fraction of sp³-hybridized carbons (Fsp3) is 0. The van der Waals surface area contributed by atoms with Gasteiger partial charge in [0.2, 0.25) is 0 Å². The fourth-order valence-electron chi connectivity index (χ4n) is 1.32. The Bertz CT molecular complexity index is 455. The quantitative estimate of drug-likeness (QED) is 0.730. The molecule has 0 aliphatic heterocycles. The molecule has 75 valence electrons. The van der Waals surface area contributed by atoms with Gasteiger partial charge in [0, 0.05) is 23.6 Å². The normalized spacial score (nSPS) is 11.7. The van der Waals surface area contributed by atoms with Crippen LogP contribution in [-0.4, -0.2) is 9.55 Å². The second-order valence-electron chi connectivity index (χ2n) is 3.07. The number of benzene rings is 1. The van der Waals surface area contributed by atoms with Crippen molar-refractivity contribution in [3.8, 4) is 5.69 Å². The standard InChI is InChI=1S/C12H10FN2/c1-2-12(13)10-3-5-11(6-4-10)15-8-7-14-9-15/h2-9H,1H2/b12-2-. The average Bonchev–Trinajstić information content (AvgIpc) is 2.82. The van der Waals surface area contributed by atoms with E-state index in [1.165, 1.54) is 6.08 Å². The molecule has 0 N–H and O–H groups in total. The lowest BCUT2D eigenvalue weighted by Gasteiger charge is -2.02. The van der Waals surface area contributed by atoms with Crippen molar-refractivity contribution in [2.75, 3.05) is 0 Å². The van der Waals surface area contributed by atoms with Gasteiger partial charge in [-0.2, -0.15) is 0 Å². The zero-order chi connectivity index (χ0) is 10.7. The maximum atomic E-state index is 13.1. The maximum absolute atomic E-state index is 13.1. The van der Waals surface area contributed by atoms with Gasteiger partial charge in [0.1, 0.15) is 5.83 Å². The summed E-state index contributed by atoms with van der Waals surface area (Å²) in [5.74, 6) is -0.313. The van der Waals surface area contributed by atoms with Gasteiger partial charge in [-0.15, -0.1) is 0 Å². The molecule has 0 bridgehead atoms. The lowest BCUT2D eigenvalue weighted by Crippen LogP contribution is -1.89. The minimum atomic E-state index is -0.313. The molecule has 3 heteroatoms. The average molecular weight is 201 g/mol. The number of imidazole rings is 1. The molecule has 0 saturated heterocycles. The summed E-state index contributed by atoms with van der Waals surface area (Å²) in [5, 5.41) is 0. The van der Waals surface area contributed by atoms with E-state index in [0.717, 1.165) is 5.69 Å². The zero-order valence-corrected chi connectivity index (χ0v) is 8.10. The summed E-state index contributed by atoms with van der Waals surface area (Å²) in [6, 6.07) is 7.10. The number of hydrogen-bond donors (Lipinski definition) is 0. The van der Waals surface area contributed by atoms with Gasteiger partial charge in [0.15, 0.2) is 0 Å². The third-order valence-corrected chi connectivity index (χ3v) is 2.12. The van der Waals surface area contributed by atoms with Crippen molar-refractivity contribution in [2.45, 2.75) is 0 Å². The Balaban J connectivity index is 2.33. The molecule has 2 rings (SSSR count). The summed E-state index contributed by atoms with van der Waals surface area (Å²) in [5.41, 5.74) is 1.49. The van der Waals surface area contributed by atoms with Crippen LogP contribution in [0.2, 0.25) is 0 Å². The molecule has 1 aromatic carbocycles. The fourth-order valence-corrected chi connectivity index (χ4v) is 1.32. The van der Waals surface area contributed by atoms with Crippen molar-refractivity contribution < 1.29 is 4.39 Å². The van der Waals surface area contributed by atoms with Crippen molar-refractivity contribution in [3.63, 3.8) is 0 Å². The number of nitrogens with zero attached hydrogens (tertiary/aromatic N) is 2. The Morgan fingerprint density at radius 3 is 2.60 bits per heavy atom. The molecule has 0 saturated carbocycles. The molecule has 1 heterocycles. The molecule has 0 aliphatic rings. The summed E-state index contributed by atoms with van der Waals surface area (Å²) >= 11 is 0. The Hall–Kier alpha value is -1.90. The van der Waals surface area contributed by atoms with Gasteiger partial charge in [-0.25, -0.2) is 9.37 Å². The first-order chi connectivity index (χ1) is 7.31. The largest absolute Gasteiger partial charge is 0.306 e. The number of halogens is 1. The Kier molecular flexibility index (Phi) is 2.63. The Morgan fingerprint density at radius 2 is 2.07 bits per heavy atom. The van der Waals surface area contributed by atoms with Crippen LogP contribution in [0.15, 0.2) is 49.1 Å². The van der Waals surface area contributed by atoms with E-state index < -0.39 is 0 Å². The van der Waals surface area contributed by atoms with E-state index in [0.29, 0.717) is 5.56 Å². The third-order valence-electron chi connectivity index (χ3n) is 2.12. The first kappa shape index (κ1) is 9.65. The summed E-state index contributed by atoms with van der Waals surface area (Å²) in [4.78, 5) is 3.94. The van der Waals surface area contributed by atoms with Gasteiger partial charge in [-0.05, 0) is 37.3 Å². The molecule has 0 spiro atoms. The second kappa shape index (κ2) is 4.09. The lowest BCUT2D eigenvalue weighted by atomic mass is 10.2. The van der Waals surface area contributed by atoms with Crippen LogP contribution in [-0.2, 0) is 0 Å². The Labute approximate surface area is 87.7 Å². The highest BCUT2D eigenvalue weighted by Crippen LogP contribution is 2.17. The maximum Gasteiger partial charge on any atom is 0.126 e. The van der Waals surface area contributed by atoms with Gasteiger partial charge in [-0.1, -0.05) is 0 Å². The van der Waals surface area contributed by atoms with E-state index in [1.54, 1.807) is 24.7 Å². The number of aromatic nitrogens is 2. The number of rotatable bonds is 2. The van der Waals surface area contributed by atoms with Crippen molar-refractivity contribution in [1.29, 1.82) is 0 Å². The SMILES string of the molecule is [CH2]/C=C(\F)c1ccc(-n2ccnc2)cc1. The number of allylic oxidation sites excluding steroid dienone is 1. The van der Waals surface area contributed by atoms with Crippen LogP contribution in [0, 0.1) is 6.92 Å². The minimum absolute atomic E-state index is 0.313. The van der Waals surface area contributed by atoms with Gasteiger partial charge in [-0.3, -0.25) is 0 Å². The van der Waals surface area contributed by atoms with E-state index in [9.17, 15) is 4.39 Å². The van der Waals surface area contributed by atoms with Gasteiger partial charge in [0.25, 0.3) is 0 Å². The van der Waals surface area contributed by atoms with E-state index >= 15 is 0 Å². The molecular formula is C12H10FN2. The molecule has 15 heavy (non-hydrogen) atoms. The summed E-state index contributed by atoms with van der Waals surface area (Å²) in [6.45, 7) is 3.38. The predicted octanol–water partition coefficient (Wildman–Crippen LogP) is 3.02. The predicted molar refractivity (Wildman–Crippen MR) is 58.0 cm³/mol. The topological polar surface area (TPSA) is 17.8 Å². The Morgan fingerprint density at radius 1 is 1.33 bits per heavy atom. The monoisotopic (exact) mass is 201 g/mol. The van der Waals surface area contributed by atoms with E-state index in [1.807, 2.05) is 22.9 Å². The molecule has 0 atom stereocenters. The molecule has 2 nitrogen and oxygen atoms in total. The van der Waals surface area contributed by atoms with Crippen LogP contribution >= 0.6 is 0 Å². The van der Waals surface area contributed by atoms with Crippen LogP contribution in [0.5, 0.6) is 0 Å². The summed E-state index contributed by atoms with van der Waals surface area (Å²) in [6.07, 6.45) is 6.43. The number of hydrogen-bond acceptors (Lipinski definition) is 1. The van der Waals surface area contributed by atoms with Gasteiger partial charge in [0.05, 0.1) is 6.33 Å². The van der Waals surface area contributed by atoms with Crippen molar-refractivity contribution in [3.05, 3.63) is 61.5 Å². The van der Waals surface area contributed by atoms with Crippen molar-refractivity contribution in [1.82, 2.24) is 9.55 Å². The molecule has 1 aromatic heterocycles. The smallest absolute Gasteiger partial charge is 0.126 e. The minimum Gasteiger partial charge on any atom is -0.306 e. The highest BCUT2D eigenvalue weighted by atomic mass is 19.1. The third kappa shape index (κ3) is 1.96. The molecule has 2 aromatic rings. The second-order valence-corrected chi connectivity index (χ2v) is 3.07. The summed E-state index contributed by atoms with van der Waals surface area (Å²) < 4.78 is 15.0. The van der Waals surface area contributed by atoms with Crippen LogP contribution in [0.3, 0.4) is 0 Å². The van der Waals surface area contributed by atoms with Gasteiger partial charge < -0.3 is 4.57 Å². The van der Waals surface area contributed by atoms with E-state index in [-0.39, 0.29) is 5.83 Å². The first-order valence-corrected chi connectivity index (χ1v) is 4.55. The zero-order valence-electron chi connectivity index (χ0n) is 8.10. The van der Waals surface area contributed by atoms with Gasteiger partial charge >= 0.3 is 0 Å².